The molecule has 2 N–H and O–H groups in total. The summed E-state index contributed by atoms with van der Waals surface area (Å²) < 4.78 is 5.75. The Hall–Kier alpha value is -1.55. The lowest BCUT2D eigenvalue weighted by atomic mass is 9.95. The van der Waals surface area contributed by atoms with Crippen LogP contribution in [0.25, 0.3) is 0 Å². The van der Waals surface area contributed by atoms with Crippen LogP contribution in [0.4, 0.5) is 0 Å². The molecule has 0 heterocycles. The van der Waals surface area contributed by atoms with Crippen LogP contribution in [0.5, 0.6) is 5.75 Å². The summed E-state index contributed by atoms with van der Waals surface area (Å²) in [4.78, 5) is 11.9. The van der Waals surface area contributed by atoms with E-state index in [1.807, 2.05) is 31.3 Å². The van der Waals surface area contributed by atoms with Gasteiger partial charge in [-0.15, -0.1) is 0 Å². The number of carbonyl (C=O) groups is 1. The molecule has 1 aromatic carbocycles. The lowest BCUT2D eigenvalue weighted by Crippen LogP contribution is -2.36. The molecule has 116 valence electrons. The van der Waals surface area contributed by atoms with Gasteiger partial charge in [0.05, 0.1) is 13.0 Å². The Balaban J connectivity index is 1.72. The Morgan fingerprint density at radius 2 is 2.00 bits per heavy atom. The Morgan fingerprint density at radius 1 is 1.24 bits per heavy atom. The third kappa shape index (κ3) is 5.38. The molecule has 1 aliphatic rings. The second kappa shape index (κ2) is 8.67. The van der Waals surface area contributed by atoms with E-state index in [1.165, 1.54) is 19.3 Å². The van der Waals surface area contributed by atoms with E-state index in [-0.39, 0.29) is 5.91 Å². The van der Waals surface area contributed by atoms with Crippen molar-refractivity contribution in [3.05, 3.63) is 29.8 Å². The minimum absolute atomic E-state index is 0.105. The SMILES string of the molecule is CNCc1ccccc1OCCC(=O)NC1CCCCC1. The quantitative estimate of drug-likeness (QED) is 0.811. The fourth-order valence-electron chi connectivity index (χ4n) is 2.78. The topological polar surface area (TPSA) is 50.4 Å². The number of ether oxygens (including phenoxy) is 1. The number of benzene rings is 1. The third-order valence-corrected chi connectivity index (χ3v) is 3.90. The third-order valence-electron chi connectivity index (χ3n) is 3.90. The maximum absolute atomic E-state index is 11.9. The van der Waals surface area contributed by atoms with E-state index < -0.39 is 0 Å². The van der Waals surface area contributed by atoms with Gasteiger partial charge >= 0.3 is 0 Å². The molecule has 1 saturated carbocycles. The second-order valence-electron chi connectivity index (χ2n) is 5.64. The Labute approximate surface area is 127 Å². The van der Waals surface area contributed by atoms with Crippen molar-refractivity contribution in [3.8, 4) is 5.75 Å². The zero-order valence-corrected chi connectivity index (χ0v) is 12.9. The van der Waals surface area contributed by atoms with E-state index in [2.05, 4.69) is 10.6 Å². The average molecular weight is 290 g/mol. The molecule has 1 aliphatic carbocycles. The molecule has 0 radical (unpaired) electrons. The normalized spacial score (nSPS) is 15.7. The molecule has 0 atom stereocenters. The highest BCUT2D eigenvalue weighted by molar-refractivity contribution is 5.76. The molecule has 0 aliphatic heterocycles. The standard InChI is InChI=1S/C17H26N2O2/c1-18-13-14-7-5-6-10-16(14)21-12-11-17(20)19-15-8-3-2-4-9-15/h5-7,10,15,18H,2-4,8-9,11-13H2,1H3,(H,19,20). The van der Waals surface area contributed by atoms with E-state index in [0.29, 0.717) is 19.1 Å². The summed E-state index contributed by atoms with van der Waals surface area (Å²) in [6, 6.07) is 8.31. The van der Waals surface area contributed by atoms with Crippen molar-refractivity contribution in [1.29, 1.82) is 0 Å². The highest BCUT2D eigenvalue weighted by atomic mass is 16.5. The van der Waals surface area contributed by atoms with Crippen molar-refractivity contribution in [3.63, 3.8) is 0 Å². The number of hydrogen-bond donors (Lipinski definition) is 2. The van der Waals surface area contributed by atoms with Crippen LogP contribution in [0.15, 0.2) is 24.3 Å². The van der Waals surface area contributed by atoms with Crippen molar-refractivity contribution in [1.82, 2.24) is 10.6 Å². The van der Waals surface area contributed by atoms with Crippen molar-refractivity contribution in [2.24, 2.45) is 0 Å². The molecule has 0 aromatic heterocycles. The number of nitrogens with one attached hydrogen (secondary N) is 2. The molecular weight excluding hydrogens is 264 g/mol. The largest absolute Gasteiger partial charge is 0.493 e. The van der Waals surface area contributed by atoms with Crippen LogP contribution in [-0.4, -0.2) is 25.6 Å². The van der Waals surface area contributed by atoms with E-state index in [1.54, 1.807) is 0 Å². The molecule has 21 heavy (non-hydrogen) atoms. The van der Waals surface area contributed by atoms with Gasteiger partial charge in [0.15, 0.2) is 0 Å². The first-order valence-corrected chi connectivity index (χ1v) is 7.94. The molecule has 0 unspecified atom stereocenters. The minimum Gasteiger partial charge on any atom is -0.493 e. The number of para-hydroxylation sites is 1. The number of rotatable bonds is 7. The van der Waals surface area contributed by atoms with Crippen molar-refractivity contribution >= 4 is 5.91 Å². The summed E-state index contributed by atoms with van der Waals surface area (Å²) in [6.07, 6.45) is 6.44. The molecule has 1 fully saturated rings. The van der Waals surface area contributed by atoms with Gasteiger partial charge < -0.3 is 15.4 Å². The first-order chi connectivity index (χ1) is 10.3. The summed E-state index contributed by atoms with van der Waals surface area (Å²) in [5.41, 5.74) is 1.12. The second-order valence-corrected chi connectivity index (χ2v) is 5.64. The monoisotopic (exact) mass is 290 g/mol. The zero-order chi connectivity index (χ0) is 14.9. The summed E-state index contributed by atoms with van der Waals surface area (Å²) in [5.74, 6) is 0.963. The summed E-state index contributed by atoms with van der Waals surface area (Å²) in [5, 5.41) is 6.23. The summed E-state index contributed by atoms with van der Waals surface area (Å²) in [7, 11) is 1.91. The van der Waals surface area contributed by atoms with E-state index in [4.69, 9.17) is 4.74 Å². The van der Waals surface area contributed by atoms with Crippen LogP contribution in [0.1, 0.15) is 44.1 Å². The molecule has 0 spiro atoms. The molecule has 4 nitrogen and oxygen atoms in total. The van der Waals surface area contributed by atoms with Crippen LogP contribution in [0, 0.1) is 0 Å². The maximum Gasteiger partial charge on any atom is 0.223 e. The van der Waals surface area contributed by atoms with Crippen LogP contribution < -0.4 is 15.4 Å². The molecule has 0 saturated heterocycles. The molecule has 4 heteroatoms. The molecule has 0 bridgehead atoms. The number of hydrogen-bond acceptors (Lipinski definition) is 3. The smallest absolute Gasteiger partial charge is 0.223 e. The molecular formula is C17H26N2O2. The van der Waals surface area contributed by atoms with Gasteiger partial charge in [-0.2, -0.15) is 0 Å². The Kier molecular flexibility index (Phi) is 6.54. The van der Waals surface area contributed by atoms with Crippen molar-refractivity contribution in [2.45, 2.75) is 51.1 Å². The van der Waals surface area contributed by atoms with Gasteiger partial charge in [-0.25, -0.2) is 0 Å². The number of carbonyl (C=O) groups excluding carboxylic acids is 1. The fourth-order valence-corrected chi connectivity index (χ4v) is 2.78. The number of amides is 1. The van der Waals surface area contributed by atoms with Gasteiger partial charge in [0.1, 0.15) is 5.75 Å². The van der Waals surface area contributed by atoms with Gasteiger partial charge in [0.2, 0.25) is 5.91 Å². The molecule has 1 amide bonds. The summed E-state index contributed by atoms with van der Waals surface area (Å²) in [6.45, 7) is 1.20. The minimum atomic E-state index is 0.105. The van der Waals surface area contributed by atoms with E-state index in [9.17, 15) is 4.79 Å². The van der Waals surface area contributed by atoms with Gasteiger partial charge in [0.25, 0.3) is 0 Å². The van der Waals surface area contributed by atoms with E-state index >= 15 is 0 Å². The van der Waals surface area contributed by atoms with Gasteiger partial charge in [-0.1, -0.05) is 37.5 Å². The Morgan fingerprint density at radius 3 is 2.76 bits per heavy atom. The van der Waals surface area contributed by atoms with Crippen LogP contribution in [-0.2, 0) is 11.3 Å². The molecule has 1 aromatic rings. The molecule has 2 rings (SSSR count). The lowest BCUT2D eigenvalue weighted by Gasteiger charge is -2.22. The lowest BCUT2D eigenvalue weighted by molar-refractivity contribution is -0.122. The van der Waals surface area contributed by atoms with Crippen LogP contribution in [0.3, 0.4) is 0 Å². The van der Waals surface area contributed by atoms with Gasteiger partial charge in [-0.3, -0.25) is 4.79 Å². The van der Waals surface area contributed by atoms with Gasteiger partial charge in [0, 0.05) is 18.2 Å². The van der Waals surface area contributed by atoms with Crippen LogP contribution in [0.2, 0.25) is 0 Å². The van der Waals surface area contributed by atoms with Crippen molar-refractivity contribution in [2.75, 3.05) is 13.7 Å². The fraction of sp³-hybridized carbons (Fsp3) is 0.588. The highest BCUT2D eigenvalue weighted by Gasteiger charge is 2.15. The van der Waals surface area contributed by atoms with Crippen molar-refractivity contribution < 1.29 is 9.53 Å². The van der Waals surface area contributed by atoms with Crippen LogP contribution >= 0.6 is 0 Å². The van der Waals surface area contributed by atoms with E-state index in [0.717, 1.165) is 30.7 Å². The first-order valence-electron chi connectivity index (χ1n) is 7.94. The maximum atomic E-state index is 11.9. The predicted molar refractivity (Wildman–Crippen MR) is 84.3 cm³/mol. The van der Waals surface area contributed by atoms with Gasteiger partial charge in [-0.05, 0) is 26.0 Å². The first kappa shape index (κ1) is 15.8. The average Bonchev–Trinajstić information content (AvgIpc) is 2.50. The Bertz CT molecular complexity index is 442. The predicted octanol–water partition coefficient (Wildman–Crippen LogP) is 2.62. The highest BCUT2D eigenvalue weighted by Crippen LogP contribution is 2.19. The summed E-state index contributed by atoms with van der Waals surface area (Å²) >= 11 is 0. The zero-order valence-electron chi connectivity index (χ0n) is 12.9.